The van der Waals surface area contributed by atoms with Gasteiger partial charge in [-0.05, 0) is 61.8 Å². The average Bonchev–Trinajstić information content (AvgIpc) is 3.38. The Bertz CT molecular complexity index is 958. The predicted octanol–water partition coefficient (Wildman–Crippen LogP) is 5.65. The van der Waals surface area contributed by atoms with Crippen molar-refractivity contribution in [3.8, 4) is 11.5 Å². The van der Waals surface area contributed by atoms with E-state index in [0.29, 0.717) is 12.3 Å². The smallest absolute Gasteiger partial charge is 0.245 e. The monoisotopic (exact) mass is 463 g/mol. The molecule has 1 aromatic carbocycles. The Morgan fingerprint density at radius 3 is 2.56 bits per heavy atom. The summed E-state index contributed by atoms with van der Waals surface area (Å²) in [4.78, 5) is 33.1. The van der Waals surface area contributed by atoms with Crippen LogP contribution in [-0.4, -0.2) is 34.3 Å². The van der Waals surface area contributed by atoms with E-state index >= 15 is 0 Å². The third-order valence-corrected chi connectivity index (χ3v) is 7.38. The molecule has 1 N–H and O–H groups in total. The first-order chi connectivity index (χ1) is 16.6. The number of carbonyl (C=O) groups excluding carboxylic acids is 2. The van der Waals surface area contributed by atoms with Crippen LogP contribution >= 0.6 is 0 Å². The molecule has 2 aliphatic rings. The molecule has 1 saturated heterocycles. The molecular weight excluding hydrogens is 426 g/mol. The molecule has 1 saturated carbocycles. The van der Waals surface area contributed by atoms with Gasteiger partial charge in [0.15, 0.2) is 0 Å². The number of benzene rings is 1. The summed E-state index contributed by atoms with van der Waals surface area (Å²) < 4.78 is 5.99. The summed E-state index contributed by atoms with van der Waals surface area (Å²) in [6.45, 7) is 4.64. The van der Waals surface area contributed by atoms with Gasteiger partial charge in [-0.1, -0.05) is 51.3 Å². The zero-order valence-corrected chi connectivity index (χ0v) is 20.4. The Morgan fingerprint density at radius 2 is 1.82 bits per heavy atom. The van der Waals surface area contributed by atoms with Gasteiger partial charge < -0.3 is 15.0 Å². The minimum Gasteiger partial charge on any atom is -0.456 e. The molecule has 0 radical (unpaired) electrons. The van der Waals surface area contributed by atoms with E-state index in [4.69, 9.17) is 4.74 Å². The molecule has 1 aliphatic carbocycles. The number of nitrogens with zero attached hydrogens (tertiary/aromatic N) is 2. The average molecular weight is 464 g/mol. The number of rotatable bonds is 8. The van der Waals surface area contributed by atoms with Crippen LogP contribution in [0.25, 0.3) is 0 Å². The van der Waals surface area contributed by atoms with Gasteiger partial charge in [0.25, 0.3) is 0 Å². The number of pyridine rings is 1. The molecule has 2 aromatic rings. The van der Waals surface area contributed by atoms with E-state index in [0.717, 1.165) is 56.3 Å². The Labute approximate surface area is 203 Å². The summed E-state index contributed by atoms with van der Waals surface area (Å²) in [5, 5.41) is 3.16. The van der Waals surface area contributed by atoms with Crippen LogP contribution in [0.1, 0.15) is 76.8 Å². The van der Waals surface area contributed by atoms with Gasteiger partial charge >= 0.3 is 0 Å². The SMILES string of the molecule is CC[C@@H](C)C(=O)N[C@H](C(=O)N1CCC[C@H]1c1cncc(Oc2ccccc2)c1)C1CCCCC1. The molecule has 6 heteroatoms. The summed E-state index contributed by atoms with van der Waals surface area (Å²) >= 11 is 0. The Morgan fingerprint density at radius 1 is 1.06 bits per heavy atom. The van der Waals surface area contributed by atoms with Gasteiger partial charge in [-0.2, -0.15) is 0 Å². The van der Waals surface area contributed by atoms with Crippen LogP contribution in [0.4, 0.5) is 0 Å². The Hall–Kier alpha value is -2.89. The number of aromatic nitrogens is 1. The summed E-state index contributed by atoms with van der Waals surface area (Å²) in [5.74, 6) is 1.58. The summed E-state index contributed by atoms with van der Waals surface area (Å²) in [5.41, 5.74) is 0.981. The first kappa shape index (κ1) is 24.2. The fraction of sp³-hybridized carbons (Fsp3) is 0.536. The second-order valence-electron chi connectivity index (χ2n) is 9.75. The molecule has 0 unspecified atom stereocenters. The lowest BCUT2D eigenvalue weighted by Crippen LogP contribution is -2.53. The maximum Gasteiger partial charge on any atom is 0.245 e. The molecule has 1 aromatic heterocycles. The van der Waals surface area contributed by atoms with Crippen LogP contribution in [0.5, 0.6) is 11.5 Å². The zero-order chi connectivity index (χ0) is 23.9. The van der Waals surface area contributed by atoms with E-state index in [9.17, 15) is 9.59 Å². The lowest BCUT2D eigenvalue weighted by molar-refractivity contribution is -0.140. The number of para-hydroxylation sites is 1. The summed E-state index contributed by atoms with van der Waals surface area (Å²) in [7, 11) is 0. The minimum absolute atomic E-state index is 0.0119. The first-order valence-corrected chi connectivity index (χ1v) is 12.9. The molecule has 0 spiro atoms. The second-order valence-corrected chi connectivity index (χ2v) is 9.75. The van der Waals surface area contributed by atoms with Gasteiger partial charge in [-0.25, -0.2) is 0 Å². The molecule has 6 nitrogen and oxygen atoms in total. The number of nitrogens with one attached hydrogen (secondary N) is 1. The van der Waals surface area contributed by atoms with Crippen molar-refractivity contribution >= 4 is 11.8 Å². The standard InChI is InChI=1S/C28H37N3O3/c1-3-20(2)27(32)30-26(21-11-6-4-7-12-21)28(33)31-16-10-15-25(31)22-17-24(19-29-18-22)34-23-13-8-5-9-14-23/h5,8-9,13-14,17-21,25-26H,3-4,6-7,10-12,15-16H2,1-2H3,(H,30,32)/t20-,25+,26+/m1/s1. The van der Waals surface area contributed by atoms with Crippen molar-refractivity contribution in [1.29, 1.82) is 0 Å². The first-order valence-electron chi connectivity index (χ1n) is 12.9. The molecular formula is C28H37N3O3. The van der Waals surface area contributed by atoms with Crippen LogP contribution in [0.3, 0.4) is 0 Å². The number of likely N-dealkylation sites (tertiary alicyclic amines) is 1. The van der Waals surface area contributed by atoms with E-state index in [1.165, 1.54) is 6.42 Å². The van der Waals surface area contributed by atoms with Crippen molar-refractivity contribution in [2.75, 3.05) is 6.54 Å². The van der Waals surface area contributed by atoms with E-state index in [1.54, 1.807) is 6.20 Å². The highest BCUT2D eigenvalue weighted by molar-refractivity contribution is 5.89. The lowest BCUT2D eigenvalue weighted by atomic mass is 9.83. The highest BCUT2D eigenvalue weighted by Crippen LogP contribution is 2.36. The third kappa shape index (κ3) is 5.78. The fourth-order valence-corrected chi connectivity index (χ4v) is 5.18. The molecule has 2 fully saturated rings. The van der Waals surface area contributed by atoms with Crippen LogP contribution in [0, 0.1) is 11.8 Å². The number of hydrogen-bond acceptors (Lipinski definition) is 4. The van der Waals surface area contributed by atoms with Crippen molar-refractivity contribution < 1.29 is 14.3 Å². The molecule has 182 valence electrons. The van der Waals surface area contributed by atoms with Gasteiger partial charge in [0.2, 0.25) is 11.8 Å². The molecule has 4 rings (SSSR count). The normalized spacial score (nSPS) is 20.5. The van der Waals surface area contributed by atoms with Crippen LogP contribution < -0.4 is 10.1 Å². The van der Waals surface area contributed by atoms with E-state index in [1.807, 2.05) is 61.3 Å². The van der Waals surface area contributed by atoms with Crippen molar-refractivity contribution in [2.24, 2.45) is 11.8 Å². The highest BCUT2D eigenvalue weighted by atomic mass is 16.5. The second kappa shape index (κ2) is 11.5. The van der Waals surface area contributed by atoms with Gasteiger partial charge in [-0.15, -0.1) is 0 Å². The van der Waals surface area contributed by atoms with Gasteiger partial charge in [0.05, 0.1) is 12.2 Å². The number of hydrogen-bond donors (Lipinski definition) is 1. The largest absolute Gasteiger partial charge is 0.456 e. The van der Waals surface area contributed by atoms with E-state index in [2.05, 4.69) is 10.3 Å². The number of carbonyl (C=O) groups is 2. The van der Waals surface area contributed by atoms with Gasteiger partial charge in [0, 0.05) is 18.7 Å². The van der Waals surface area contributed by atoms with Crippen LogP contribution in [0.2, 0.25) is 0 Å². The lowest BCUT2D eigenvalue weighted by Gasteiger charge is -2.35. The van der Waals surface area contributed by atoms with E-state index in [-0.39, 0.29) is 29.7 Å². The summed E-state index contributed by atoms with van der Waals surface area (Å²) in [6.07, 6.45) is 11.6. The molecule has 34 heavy (non-hydrogen) atoms. The van der Waals surface area contributed by atoms with Crippen LogP contribution in [0.15, 0.2) is 48.8 Å². The Kier molecular flexibility index (Phi) is 8.20. The van der Waals surface area contributed by atoms with Crippen molar-refractivity contribution in [3.05, 3.63) is 54.4 Å². The van der Waals surface area contributed by atoms with Gasteiger partial charge in [-0.3, -0.25) is 14.6 Å². The minimum atomic E-state index is -0.445. The molecule has 0 bridgehead atoms. The predicted molar refractivity (Wildman–Crippen MR) is 132 cm³/mol. The quantitative estimate of drug-likeness (QED) is 0.549. The maximum absolute atomic E-state index is 13.9. The molecule has 2 amide bonds. The molecule has 3 atom stereocenters. The summed E-state index contributed by atoms with van der Waals surface area (Å²) in [6, 6.07) is 11.1. The number of amides is 2. The number of ether oxygens (including phenoxy) is 1. The topological polar surface area (TPSA) is 71.5 Å². The Balaban J connectivity index is 1.53. The van der Waals surface area contributed by atoms with Crippen LogP contribution in [-0.2, 0) is 9.59 Å². The van der Waals surface area contributed by atoms with Crippen molar-refractivity contribution in [3.63, 3.8) is 0 Å². The van der Waals surface area contributed by atoms with E-state index < -0.39 is 6.04 Å². The van der Waals surface area contributed by atoms with Crippen molar-refractivity contribution in [1.82, 2.24) is 15.2 Å². The molecule has 2 heterocycles. The van der Waals surface area contributed by atoms with Gasteiger partial charge in [0.1, 0.15) is 17.5 Å². The zero-order valence-electron chi connectivity index (χ0n) is 20.4. The van der Waals surface area contributed by atoms with Crippen molar-refractivity contribution in [2.45, 2.75) is 77.3 Å². The maximum atomic E-state index is 13.9. The third-order valence-electron chi connectivity index (χ3n) is 7.38. The highest BCUT2D eigenvalue weighted by Gasteiger charge is 2.39. The molecule has 1 aliphatic heterocycles. The fourth-order valence-electron chi connectivity index (χ4n) is 5.18.